The van der Waals surface area contributed by atoms with E-state index in [0.29, 0.717) is 31.4 Å². The van der Waals surface area contributed by atoms with E-state index in [0.717, 1.165) is 5.56 Å². The number of amides is 1. The summed E-state index contributed by atoms with van der Waals surface area (Å²) in [5.74, 6) is -0.647. The highest BCUT2D eigenvalue weighted by atomic mass is 35.5. The molecule has 0 bridgehead atoms. The molecule has 1 N–H and O–H groups in total. The third-order valence-electron chi connectivity index (χ3n) is 4.23. The van der Waals surface area contributed by atoms with Crippen molar-refractivity contribution in [3.8, 4) is 16.9 Å². The largest absolute Gasteiger partial charge is 0.479 e. The topological polar surface area (TPSA) is 64.6 Å². The summed E-state index contributed by atoms with van der Waals surface area (Å²) in [4.78, 5) is 25.4. The average Bonchev–Trinajstić information content (AvgIpc) is 3.14. The van der Waals surface area contributed by atoms with E-state index in [1.165, 1.54) is 17.4 Å². The first-order valence-electron chi connectivity index (χ1n) is 9.27. The Bertz CT molecular complexity index is 1100. The zero-order valence-electron chi connectivity index (χ0n) is 16.6. The predicted molar refractivity (Wildman–Crippen MR) is 126 cm³/mol. The van der Waals surface area contributed by atoms with Gasteiger partial charge >= 0.3 is 5.97 Å². The number of halogens is 3. The van der Waals surface area contributed by atoms with Crippen LogP contribution in [0.15, 0.2) is 47.8 Å². The van der Waals surface area contributed by atoms with Gasteiger partial charge in [0, 0.05) is 21.0 Å². The Kier molecular flexibility index (Phi) is 7.84. The normalized spacial score (nSPS) is 11.6. The van der Waals surface area contributed by atoms with Crippen LogP contribution in [0.5, 0.6) is 5.75 Å². The Morgan fingerprint density at radius 1 is 1.06 bits per heavy atom. The molecule has 0 saturated carbocycles. The van der Waals surface area contributed by atoms with Crippen molar-refractivity contribution in [1.29, 1.82) is 0 Å². The molecule has 1 amide bonds. The van der Waals surface area contributed by atoms with Crippen LogP contribution in [-0.4, -0.2) is 24.6 Å². The number of esters is 1. The summed E-state index contributed by atoms with van der Waals surface area (Å²) in [6, 6.07) is 11.8. The maximum absolute atomic E-state index is 12.7. The monoisotopic (exact) mass is 497 g/mol. The van der Waals surface area contributed by atoms with Crippen molar-refractivity contribution in [2.45, 2.75) is 20.0 Å². The molecule has 0 saturated heterocycles. The Hall–Kier alpha value is -2.25. The maximum atomic E-state index is 12.7. The van der Waals surface area contributed by atoms with Gasteiger partial charge in [-0.15, -0.1) is 11.3 Å². The molecule has 1 heterocycles. The highest BCUT2D eigenvalue weighted by molar-refractivity contribution is 7.15. The maximum Gasteiger partial charge on any atom is 0.341 e. The second kappa shape index (κ2) is 10.4. The van der Waals surface area contributed by atoms with E-state index in [9.17, 15) is 9.59 Å². The van der Waals surface area contributed by atoms with Crippen LogP contribution < -0.4 is 10.1 Å². The van der Waals surface area contributed by atoms with Gasteiger partial charge in [0.15, 0.2) is 6.10 Å². The molecule has 1 unspecified atom stereocenters. The van der Waals surface area contributed by atoms with E-state index < -0.39 is 18.0 Å². The van der Waals surface area contributed by atoms with E-state index in [2.05, 4.69) is 5.32 Å². The number of carbonyl (C=O) groups is 2. The quantitative estimate of drug-likeness (QED) is 0.358. The van der Waals surface area contributed by atoms with Crippen LogP contribution in [0, 0.1) is 0 Å². The lowest BCUT2D eigenvalue weighted by Crippen LogP contribution is -2.30. The van der Waals surface area contributed by atoms with Gasteiger partial charge in [-0.2, -0.15) is 0 Å². The molecule has 162 valence electrons. The molecule has 1 aromatic heterocycles. The third kappa shape index (κ3) is 5.71. The fourth-order valence-corrected chi connectivity index (χ4v) is 4.27. The van der Waals surface area contributed by atoms with Gasteiger partial charge in [0.05, 0.1) is 11.6 Å². The number of hydrogen-bond acceptors (Lipinski definition) is 5. The van der Waals surface area contributed by atoms with Crippen molar-refractivity contribution >= 4 is 63.0 Å². The Morgan fingerprint density at radius 2 is 1.74 bits per heavy atom. The summed E-state index contributed by atoms with van der Waals surface area (Å²) in [6.07, 6.45) is -0.880. The van der Waals surface area contributed by atoms with Crippen molar-refractivity contribution in [2.75, 3.05) is 11.9 Å². The second-order valence-electron chi connectivity index (χ2n) is 6.40. The number of nitrogens with one attached hydrogen (secondary N) is 1. The molecular formula is C22H18Cl3NO4S. The lowest BCUT2D eigenvalue weighted by Gasteiger charge is -2.16. The second-order valence-corrected chi connectivity index (χ2v) is 8.56. The highest BCUT2D eigenvalue weighted by Gasteiger charge is 2.25. The first kappa shape index (κ1) is 23.4. The number of thiophene rings is 1. The zero-order valence-corrected chi connectivity index (χ0v) is 19.7. The van der Waals surface area contributed by atoms with Gasteiger partial charge in [0.1, 0.15) is 16.3 Å². The van der Waals surface area contributed by atoms with Crippen LogP contribution in [0.25, 0.3) is 11.1 Å². The van der Waals surface area contributed by atoms with Gasteiger partial charge in [0.2, 0.25) is 0 Å². The molecule has 3 rings (SSSR count). The minimum atomic E-state index is -0.880. The smallest absolute Gasteiger partial charge is 0.341 e. The molecule has 3 aromatic rings. The summed E-state index contributed by atoms with van der Waals surface area (Å²) in [6.45, 7) is 3.50. The van der Waals surface area contributed by atoms with Crippen LogP contribution in [-0.2, 0) is 9.53 Å². The molecule has 9 heteroatoms. The molecule has 0 aliphatic carbocycles. The fourth-order valence-electron chi connectivity index (χ4n) is 2.73. The molecule has 2 aromatic carbocycles. The minimum absolute atomic E-state index is 0.205. The molecule has 1 atom stereocenters. The first-order chi connectivity index (χ1) is 14.8. The van der Waals surface area contributed by atoms with Crippen LogP contribution in [0.3, 0.4) is 0 Å². The van der Waals surface area contributed by atoms with Crippen LogP contribution in [0.4, 0.5) is 5.00 Å². The van der Waals surface area contributed by atoms with Gasteiger partial charge in [0.25, 0.3) is 5.91 Å². The third-order valence-corrected chi connectivity index (χ3v) is 5.91. The summed E-state index contributed by atoms with van der Waals surface area (Å²) in [7, 11) is 0. The first-order valence-corrected chi connectivity index (χ1v) is 11.3. The van der Waals surface area contributed by atoms with Gasteiger partial charge < -0.3 is 14.8 Å². The number of hydrogen-bond donors (Lipinski definition) is 1. The van der Waals surface area contributed by atoms with E-state index in [1.807, 2.05) is 0 Å². The highest BCUT2D eigenvalue weighted by Crippen LogP contribution is 2.37. The molecule has 31 heavy (non-hydrogen) atoms. The van der Waals surface area contributed by atoms with Gasteiger partial charge in [-0.1, -0.05) is 46.9 Å². The number of rotatable bonds is 7. The molecule has 0 aliphatic heterocycles. The molecule has 0 spiro atoms. The zero-order chi connectivity index (χ0) is 22.5. The average molecular weight is 499 g/mol. The minimum Gasteiger partial charge on any atom is -0.479 e. The Morgan fingerprint density at radius 3 is 2.39 bits per heavy atom. The Balaban J connectivity index is 1.85. The van der Waals surface area contributed by atoms with Crippen LogP contribution in [0.1, 0.15) is 24.2 Å². The van der Waals surface area contributed by atoms with E-state index in [1.54, 1.807) is 55.6 Å². The van der Waals surface area contributed by atoms with Crippen LogP contribution in [0.2, 0.25) is 15.1 Å². The lowest BCUT2D eigenvalue weighted by molar-refractivity contribution is -0.122. The standard InChI is InChI=1S/C22H18Cl3NO4S/c1-3-29-22(28)19-16(13-4-6-14(23)7-5-13)11-31-21(19)26-20(27)12(2)30-18-9-8-15(24)10-17(18)25/h4-12H,3H2,1-2H3,(H,26,27). The molecule has 0 radical (unpaired) electrons. The molecule has 0 aliphatic rings. The lowest BCUT2D eigenvalue weighted by atomic mass is 10.0. The summed E-state index contributed by atoms with van der Waals surface area (Å²) >= 11 is 19.2. The number of carbonyl (C=O) groups excluding carboxylic acids is 2. The van der Waals surface area contributed by atoms with Crippen molar-refractivity contribution in [3.63, 3.8) is 0 Å². The molecular weight excluding hydrogens is 481 g/mol. The summed E-state index contributed by atoms with van der Waals surface area (Å²) in [5.41, 5.74) is 1.70. The van der Waals surface area contributed by atoms with Gasteiger partial charge in [-0.3, -0.25) is 4.79 Å². The fraction of sp³-hybridized carbons (Fsp3) is 0.182. The number of ether oxygens (including phenoxy) is 2. The Labute approximate surface area is 198 Å². The van der Waals surface area contributed by atoms with Crippen molar-refractivity contribution in [3.05, 3.63) is 68.5 Å². The van der Waals surface area contributed by atoms with Gasteiger partial charge in [-0.25, -0.2) is 4.79 Å². The number of benzene rings is 2. The predicted octanol–water partition coefficient (Wildman–Crippen LogP) is 6.96. The number of anilines is 1. The van der Waals surface area contributed by atoms with Crippen molar-refractivity contribution in [1.82, 2.24) is 0 Å². The summed E-state index contributed by atoms with van der Waals surface area (Å²) < 4.78 is 10.9. The van der Waals surface area contributed by atoms with Gasteiger partial charge in [-0.05, 0) is 49.7 Å². The summed E-state index contributed by atoms with van der Waals surface area (Å²) in [5, 5.41) is 6.24. The SMILES string of the molecule is CCOC(=O)c1c(-c2ccc(Cl)cc2)csc1NC(=O)C(C)Oc1ccc(Cl)cc1Cl. The van der Waals surface area contributed by atoms with Crippen molar-refractivity contribution < 1.29 is 19.1 Å². The molecule has 0 fully saturated rings. The van der Waals surface area contributed by atoms with Crippen molar-refractivity contribution in [2.24, 2.45) is 0 Å². The molecule has 5 nitrogen and oxygen atoms in total. The van der Waals surface area contributed by atoms with Crippen LogP contribution >= 0.6 is 46.1 Å². The van der Waals surface area contributed by atoms with E-state index in [-0.39, 0.29) is 12.2 Å². The van der Waals surface area contributed by atoms with E-state index >= 15 is 0 Å². The van der Waals surface area contributed by atoms with E-state index in [4.69, 9.17) is 44.3 Å².